The fourth-order valence-electron chi connectivity index (χ4n) is 3.05. The Bertz CT molecular complexity index is 374. The molecule has 0 spiro atoms. The van der Waals surface area contributed by atoms with E-state index in [0.717, 1.165) is 25.7 Å². The van der Waals surface area contributed by atoms with Crippen LogP contribution in [0.3, 0.4) is 0 Å². The van der Waals surface area contributed by atoms with E-state index in [2.05, 4.69) is 20.8 Å². The van der Waals surface area contributed by atoms with Crippen LogP contribution in [0.25, 0.3) is 0 Å². The van der Waals surface area contributed by atoms with Gasteiger partial charge in [-0.25, -0.2) is 4.79 Å². The molecule has 1 saturated heterocycles. The first-order valence-electron chi connectivity index (χ1n) is 7.45. The summed E-state index contributed by atoms with van der Waals surface area (Å²) in [5, 5.41) is 8.78. The second-order valence-corrected chi connectivity index (χ2v) is 7.16. The molecule has 2 aliphatic rings. The summed E-state index contributed by atoms with van der Waals surface area (Å²) < 4.78 is 5.48. The molecule has 2 rings (SSSR count). The number of carbonyl (C=O) groups excluding carboxylic acids is 1. The zero-order valence-electron chi connectivity index (χ0n) is 12.6. The molecule has 1 N–H and O–H groups in total. The Morgan fingerprint density at radius 2 is 1.65 bits per heavy atom. The van der Waals surface area contributed by atoms with Crippen molar-refractivity contribution in [3.8, 4) is 0 Å². The summed E-state index contributed by atoms with van der Waals surface area (Å²) in [5.41, 5.74) is 0.321. The Morgan fingerprint density at radius 1 is 1.10 bits per heavy atom. The van der Waals surface area contributed by atoms with Crippen molar-refractivity contribution in [1.82, 2.24) is 4.90 Å². The topological polar surface area (TPSA) is 66.8 Å². The van der Waals surface area contributed by atoms with E-state index in [1.165, 1.54) is 4.90 Å². The molecule has 0 radical (unpaired) electrons. The molecule has 20 heavy (non-hydrogen) atoms. The van der Waals surface area contributed by atoms with Crippen molar-refractivity contribution in [2.24, 2.45) is 17.3 Å². The van der Waals surface area contributed by atoms with Gasteiger partial charge in [0.2, 0.25) is 0 Å². The molecule has 5 nitrogen and oxygen atoms in total. The average molecular weight is 283 g/mol. The number of rotatable bonds is 2. The summed E-state index contributed by atoms with van der Waals surface area (Å²) in [6, 6.07) is 0. The van der Waals surface area contributed by atoms with Gasteiger partial charge in [-0.05, 0) is 37.0 Å². The van der Waals surface area contributed by atoms with E-state index in [9.17, 15) is 9.59 Å². The van der Waals surface area contributed by atoms with Crippen LogP contribution >= 0.6 is 0 Å². The molecular weight excluding hydrogens is 258 g/mol. The van der Waals surface area contributed by atoms with Crippen LogP contribution < -0.4 is 0 Å². The second-order valence-electron chi connectivity index (χ2n) is 7.16. The van der Waals surface area contributed by atoms with Crippen LogP contribution in [0, 0.1) is 17.3 Å². The van der Waals surface area contributed by atoms with Crippen LogP contribution in [-0.2, 0) is 9.53 Å². The summed E-state index contributed by atoms with van der Waals surface area (Å²) in [5.74, 6) is -0.559. The highest BCUT2D eigenvalue weighted by Crippen LogP contribution is 2.38. The summed E-state index contributed by atoms with van der Waals surface area (Å²) >= 11 is 0. The molecular formula is C15H25NO4. The second kappa shape index (κ2) is 5.62. The molecule has 1 aliphatic heterocycles. The van der Waals surface area contributed by atoms with Crippen molar-refractivity contribution in [3.05, 3.63) is 0 Å². The average Bonchev–Trinajstić information content (AvgIpc) is 2.25. The van der Waals surface area contributed by atoms with Crippen LogP contribution in [0.4, 0.5) is 4.79 Å². The lowest BCUT2D eigenvalue weighted by molar-refractivity contribution is -0.146. The first kappa shape index (κ1) is 15.1. The quantitative estimate of drug-likeness (QED) is 0.846. The molecule has 1 heterocycles. The number of carboxylic acids is 1. The van der Waals surface area contributed by atoms with E-state index in [0.29, 0.717) is 11.3 Å². The van der Waals surface area contributed by atoms with Gasteiger partial charge in [0, 0.05) is 13.1 Å². The highest BCUT2D eigenvalue weighted by molar-refractivity contribution is 5.76. The van der Waals surface area contributed by atoms with Crippen molar-refractivity contribution in [1.29, 1.82) is 0 Å². The minimum absolute atomic E-state index is 0.00461. The molecule has 5 heteroatoms. The third-order valence-corrected chi connectivity index (χ3v) is 4.66. The SMILES string of the molecule is CC(C)(C)C1CCC(OC(=O)N2CC(C(=O)O)C2)CC1. The van der Waals surface area contributed by atoms with Gasteiger partial charge in [-0.2, -0.15) is 0 Å². The van der Waals surface area contributed by atoms with Crippen molar-refractivity contribution in [2.45, 2.75) is 52.6 Å². The maximum atomic E-state index is 11.9. The minimum atomic E-state index is -0.834. The highest BCUT2D eigenvalue weighted by atomic mass is 16.6. The van der Waals surface area contributed by atoms with Gasteiger partial charge in [0.15, 0.2) is 0 Å². The predicted octanol–water partition coefficient (Wildman–Crippen LogP) is 2.74. The Morgan fingerprint density at radius 3 is 2.10 bits per heavy atom. The van der Waals surface area contributed by atoms with Crippen molar-refractivity contribution < 1.29 is 19.4 Å². The van der Waals surface area contributed by atoms with Crippen molar-refractivity contribution in [2.75, 3.05) is 13.1 Å². The fraction of sp³-hybridized carbons (Fsp3) is 0.867. The molecule has 1 amide bonds. The van der Waals surface area contributed by atoms with Gasteiger partial charge in [0.25, 0.3) is 0 Å². The molecule has 1 saturated carbocycles. The third-order valence-electron chi connectivity index (χ3n) is 4.66. The van der Waals surface area contributed by atoms with E-state index in [-0.39, 0.29) is 25.3 Å². The summed E-state index contributed by atoms with van der Waals surface area (Å²) in [7, 11) is 0. The first-order chi connectivity index (χ1) is 9.27. The van der Waals surface area contributed by atoms with Gasteiger partial charge >= 0.3 is 12.1 Å². The standard InChI is InChI=1S/C15H25NO4/c1-15(2,3)11-4-6-12(7-5-11)20-14(19)16-8-10(9-16)13(17)18/h10-12H,4-9H2,1-3H3,(H,17,18). The van der Waals surface area contributed by atoms with Crippen LogP contribution in [0.15, 0.2) is 0 Å². The number of carbonyl (C=O) groups is 2. The lowest BCUT2D eigenvalue weighted by Crippen LogP contribution is -2.53. The van der Waals surface area contributed by atoms with Crippen molar-refractivity contribution in [3.63, 3.8) is 0 Å². The van der Waals surface area contributed by atoms with Gasteiger partial charge in [-0.1, -0.05) is 20.8 Å². The molecule has 0 unspecified atom stereocenters. The van der Waals surface area contributed by atoms with Gasteiger partial charge < -0.3 is 14.7 Å². The van der Waals surface area contributed by atoms with E-state index >= 15 is 0 Å². The number of likely N-dealkylation sites (tertiary alicyclic amines) is 1. The summed E-state index contributed by atoms with van der Waals surface area (Å²) in [6.07, 6.45) is 3.69. The van der Waals surface area contributed by atoms with Crippen molar-refractivity contribution >= 4 is 12.1 Å². The molecule has 0 aromatic carbocycles. The molecule has 1 aliphatic carbocycles. The van der Waals surface area contributed by atoms with E-state index < -0.39 is 11.9 Å². The van der Waals surface area contributed by atoms with Gasteiger partial charge in [0.05, 0.1) is 5.92 Å². The maximum absolute atomic E-state index is 11.9. The predicted molar refractivity (Wildman–Crippen MR) is 74.4 cm³/mol. The number of ether oxygens (including phenoxy) is 1. The lowest BCUT2D eigenvalue weighted by atomic mass is 9.72. The fourth-order valence-corrected chi connectivity index (χ4v) is 3.05. The van der Waals surface area contributed by atoms with Crippen LogP contribution in [0.2, 0.25) is 0 Å². The van der Waals surface area contributed by atoms with Gasteiger partial charge in [0.1, 0.15) is 6.10 Å². The van der Waals surface area contributed by atoms with E-state index in [1.807, 2.05) is 0 Å². The van der Waals surface area contributed by atoms with E-state index in [4.69, 9.17) is 9.84 Å². The molecule has 0 aromatic rings. The third kappa shape index (κ3) is 3.44. The number of hydrogen-bond acceptors (Lipinski definition) is 3. The Hall–Kier alpha value is -1.26. The number of carboxylic acid groups (broad SMARTS) is 1. The normalized spacial score (nSPS) is 27.9. The summed E-state index contributed by atoms with van der Waals surface area (Å²) in [6.45, 7) is 7.35. The number of amides is 1. The number of nitrogens with zero attached hydrogens (tertiary/aromatic N) is 1. The molecule has 2 fully saturated rings. The Kier molecular flexibility index (Phi) is 4.25. The molecule has 0 bridgehead atoms. The summed E-state index contributed by atoms with van der Waals surface area (Å²) in [4.78, 5) is 24.0. The monoisotopic (exact) mass is 283 g/mol. The minimum Gasteiger partial charge on any atom is -0.481 e. The highest BCUT2D eigenvalue weighted by Gasteiger charge is 2.38. The molecule has 0 aromatic heterocycles. The number of hydrogen-bond donors (Lipinski definition) is 1. The largest absolute Gasteiger partial charge is 0.481 e. The zero-order valence-corrected chi connectivity index (χ0v) is 12.6. The number of aliphatic carboxylic acids is 1. The van der Waals surface area contributed by atoms with E-state index in [1.54, 1.807) is 0 Å². The molecule has 114 valence electrons. The Balaban J connectivity index is 1.71. The van der Waals surface area contributed by atoms with Crippen LogP contribution in [0.1, 0.15) is 46.5 Å². The van der Waals surface area contributed by atoms with Gasteiger partial charge in [-0.15, -0.1) is 0 Å². The first-order valence-corrected chi connectivity index (χ1v) is 7.45. The van der Waals surface area contributed by atoms with Crippen LogP contribution in [-0.4, -0.2) is 41.3 Å². The maximum Gasteiger partial charge on any atom is 0.410 e. The smallest absolute Gasteiger partial charge is 0.410 e. The van der Waals surface area contributed by atoms with Gasteiger partial charge in [-0.3, -0.25) is 4.79 Å². The van der Waals surface area contributed by atoms with Crippen LogP contribution in [0.5, 0.6) is 0 Å². The lowest BCUT2D eigenvalue weighted by Gasteiger charge is -2.39. The Labute approximate surface area is 120 Å². The zero-order chi connectivity index (χ0) is 14.9. The molecule has 0 atom stereocenters.